The van der Waals surface area contributed by atoms with Crippen LogP contribution in [0.1, 0.15) is 10.4 Å². The third-order valence-corrected chi connectivity index (χ3v) is 2.63. The second-order valence-corrected chi connectivity index (χ2v) is 4.61. The fraction of sp³-hybridized carbons (Fsp3) is 0.0714. The first kappa shape index (κ1) is 14.9. The van der Waals surface area contributed by atoms with Crippen molar-refractivity contribution in [3.63, 3.8) is 0 Å². The molecular weight excluding hydrogens is 293 g/mol. The summed E-state index contributed by atoms with van der Waals surface area (Å²) in [5.41, 5.74) is 5.77. The van der Waals surface area contributed by atoms with Crippen LogP contribution >= 0.6 is 12.2 Å². The van der Waals surface area contributed by atoms with Crippen molar-refractivity contribution in [1.29, 1.82) is 0 Å². The fourth-order valence-electron chi connectivity index (χ4n) is 1.55. The summed E-state index contributed by atoms with van der Waals surface area (Å²) in [4.78, 5) is 15.7. The number of hydrogen-bond acceptors (Lipinski definition) is 4. The molecule has 5 nitrogen and oxygen atoms in total. The topological polar surface area (TPSA) is 77.2 Å². The van der Waals surface area contributed by atoms with E-state index in [4.69, 9.17) is 22.7 Å². The lowest BCUT2D eigenvalue weighted by atomic mass is 10.2. The van der Waals surface area contributed by atoms with Crippen molar-refractivity contribution in [2.75, 3.05) is 11.9 Å². The number of carbonyl (C=O) groups is 1. The molecule has 0 bridgehead atoms. The second-order valence-electron chi connectivity index (χ2n) is 4.09. The van der Waals surface area contributed by atoms with Crippen LogP contribution in [-0.4, -0.2) is 22.5 Å². The molecule has 7 heteroatoms. The minimum atomic E-state index is -0.675. The maximum Gasteiger partial charge on any atom is 0.258 e. The number of ether oxygens (including phenoxy) is 1. The normalized spacial score (nSPS) is 9.95. The van der Waals surface area contributed by atoms with E-state index in [1.165, 1.54) is 12.3 Å². The molecule has 0 radical (unpaired) electrons. The molecule has 2 aromatic rings. The summed E-state index contributed by atoms with van der Waals surface area (Å²) >= 11 is 4.70. The molecule has 0 fully saturated rings. The Bertz CT molecular complexity index is 662. The van der Waals surface area contributed by atoms with Crippen LogP contribution in [0.4, 0.5) is 10.1 Å². The van der Waals surface area contributed by atoms with E-state index < -0.39 is 11.7 Å². The number of nitrogens with two attached hydrogens (primary N) is 1. The molecule has 0 atom stereocenters. The van der Waals surface area contributed by atoms with Crippen molar-refractivity contribution < 1.29 is 13.9 Å². The quantitative estimate of drug-likeness (QED) is 0.828. The Morgan fingerprint density at radius 2 is 2.05 bits per heavy atom. The molecule has 3 N–H and O–H groups in total. The Labute approximate surface area is 125 Å². The van der Waals surface area contributed by atoms with Gasteiger partial charge in [-0.25, -0.2) is 4.39 Å². The molecule has 0 saturated carbocycles. The summed E-state index contributed by atoms with van der Waals surface area (Å²) in [5.74, 6) is -0.658. The zero-order valence-electron chi connectivity index (χ0n) is 10.9. The van der Waals surface area contributed by atoms with E-state index in [0.717, 1.165) is 6.20 Å². The van der Waals surface area contributed by atoms with Crippen molar-refractivity contribution in [3.8, 4) is 5.75 Å². The Hall–Kier alpha value is -2.54. The molecule has 108 valence electrons. The Kier molecular flexibility index (Phi) is 4.78. The predicted molar refractivity (Wildman–Crippen MR) is 80.9 cm³/mol. The highest BCUT2D eigenvalue weighted by Crippen LogP contribution is 2.17. The Balaban J connectivity index is 2.02. The lowest BCUT2D eigenvalue weighted by molar-refractivity contribution is 0.102. The number of carbonyl (C=O) groups excluding carboxylic acids is 1. The second kappa shape index (κ2) is 6.76. The van der Waals surface area contributed by atoms with Crippen molar-refractivity contribution in [2.45, 2.75) is 0 Å². The molecule has 0 unspecified atom stereocenters. The first-order valence-electron chi connectivity index (χ1n) is 5.98. The fourth-order valence-corrected chi connectivity index (χ4v) is 1.61. The molecule has 0 spiro atoms. The summed E-state index contributed by atoms with van der Waals surface area (Å²) < 4.78 is 18.7. The van der Waals surface area contributed by atoms with Gasteiger partial charge in [0.1, 0.15) is 17.3 Å². The summed E-state index contributed by atoms with van der Waals surface area (Å²) in [6.45, 7) is 0.142. The van der Waals surface area contributed by atoms with E-state index in [2.05, 4.69) is 10.3 Å². The molecule has 0 aliphatic rings. The van der Waals surface area contributed by atoms with Gasteiger partial charge in [-0.15, -0.1) is 0 Å². The van der Waals surface area contributed by atoms with Gasteiger partial charge in [-0.1, -0.05) is 12.2 Å². The van der Waals surface area contributed by atoms with Crippen molar-refractivity contribution >= 4 is 28.8 Å². The van der Waals surface area contributed by atoms with Gasteiger partial charge in [-0.3, -0.25) is 9.78 Å². The molecule has 0 aliphatic heterocycles. The van der Waals surface area contributed by atoms with Gasteiger partial charge in [0.25, 0.3) is 5.91 Å². The maximum absolute atomic E-state index is 13.4. The minimum Gasteiger partial charge on any atom is -0.487 e. The predicted octanol–water partition coefficient (Wildman–Crippen LogP) is 2.14. The third-order valence-electron chi connectivity index (χ3n) is 2.51. The lowest BCUT2D eigenvalue weighted by Crippen LogP contribution is -2.17. The van der Waals surface area contributed by atoms with E-state index in [1.54, 1.807) is 24.3 Å². The van der Waals surface area contributed by atoms with E-state index in [0.29, 0.717) is 11.4 Å². The SMILES string of the molecule is NC(=S)COc1ccc(NC(=O)c2ccncc2F)cc1. The average molecular weight is 305 g/mol. The summed E-state index contributed by atoms with van der Waals surface area (Å²) in [5, 5.41) is 2.58. The Morgan fingerprint density at radius 1 is 1.33 bits per heavy atom. The van der Waals surface area contributed by atoms with Crippen LogP contribution in [0.3, 0.4) is 0 Å². The molecule has 0 aliphatic carbocycles. The summed E-state index contributed by atoms with van der Waals surface area (Å²) in [6.07, 6.45) is 2.34. The van der Waals surface area contributed by atoms with Gasteiger partial charge < -0.3 is 15.8 Å². The van der Waals surface area contributed by atoms with Crippen LogP contribution in [0.25, 0.3) is 0 Å². The van der Waals surface area contributed by atoms with Gasteiger partial charge in [-0.05, 0) is 30.3 Å². The van der Waals surface area contributed by atoms with Gasteiger partial charge in [0, 0.05) is 11.9 Å². The zero-order valence-corrected chi connectivity index (χ0v) is 11.7. The number of thiocarbonyl (C=S) groups is 1. The molecule has 2 rings (SSSR count). The smallest absolute Gasteiger partial charge is 0.258 e. The highest BCUT2D eigenvalue weighted by atomic mass is 32.1. The van der Waals surface area contributed by atoms with Crippen LogP contribution < -0.4 is 15.8 Å². The molecule has 1 aromatic heterocycles. The molecule has 1 heterocycles. The van der Waals surface area contributed by atoms with E-state index in [-0.39, 0.29) is 17.2 Å². The van der Waals surface area contributed by atoms with Crippen molar-refractivity contribution in [2.24, 2.45) is 5.73 Å². The van der Waals surface area contributed by atoms with E-state index >= 15 is 0 Å². The number of halogens is 1. The number of rotatable bonds is 5. The van der Waals surface area contributed by atoms with Crippen LogP contribution in [0.5, 0.6) is 5.75 Å². The van der Waals surface area contributed by atoms with Crippen molar-refractivity contribution in [3.05, 3.63) is 54.1 Å². The van der Waals surface area contributed by atoms with Gasteiger partial charge >= 0.3 is 0 Å². The van der Waals surface area contributed by atoms with Crippen LogP contribution in [-0.2, 0) is 0 Å². The van der Waals surface area contributed by atoms with Gasteiger partial charge in [0.05, 0.1) is 11.8 Å². The monoisotopic (exact) mass is 305 g/mol. The van der Waals surface area contributed by atoms with Crippen LogP contribution in [0.2, 0.25) is 0 Å². The average Bonchev–Trinajstić information content (AvgIpc) is 2.47. The molecular formula is C14H12FN3O2S. The number of anilines is 1. The first-order valence-corrected chi connectivity index (χ1v) is 6.39. The van der Waals surface area contributed by atoms with Gasteiger partial charge in [0.15, 0.2) is 5.82 Å². The number of amides is 1. The number of nitrogens with one attached hydrogen (secondary N) is 1. The number of hydrogen-bond donors (Lipinski definition) is 2. The summed E-state index contributed by atoms with van der Waals surface area (Å²) in [6, 6.07) is 7.87. The third kappa shape index (κ3) is 4.22. The van der Waals surface area contributed by atoms with Crippen LogP contribution in [0, 0.1) is 5.82 Å². The number of nitrogens with zero attached hydrogens (tertiary/aromatic N) is 1. The largest absolute Gasteiger partial charge is 0.487 e. The molecule has 1 amide bonds. The number of pyridine rings is 1. The molecule has 1 aromatic carbocycles. The highest BCUT2D eigenvalue weighted by Gasteiger charge is 2.11. The van der Waals surface area contributed by atoms with Crippen molar-refractivity contribution in [1.82, 2.24) is 4.98 Å². The first-order chi connectivity index (χ1) is 10.1. The lowest BCUT2D eigenvalue weighted by Gasteiger charge is -2.08. The molecule has 21 heavy (non-hydrogen) atoms. The minimum absolute atomic E-state index is 0.0705. The van der Waals surface area contributed by atoms with E-state index in [9.17, 15) is 9.18 Å². The molecule has 0 saturated heterocycles. The summed E-state index contributed by atoms with van der Waals surface area (Å²) in [7, 11) is 0. The number of benzene rings is 1. The zero-order chi connectivity index (χ0) is 15.2. The Morgan fingerprint density at radius 3 is 2.67 bits per heavy atom. The van der Waals surface area contributed by atoms with Crippen LogP contribution in [0.15, 0.2) is 42.7 Å². The maximum atomic E-state index is 13.4. The van der Waals surface area contributed by atoms with Gasteiger partial charge in [-0.2, -0.15) is 0 Å². The highest BCUT2D eigenvalue weighted by molar-refractivity contribution is 7.80. The standard InChI is InChI=1S/C14H12FN3O2S/c15-12-7-17-6-5-11(12)14(19)18-9-1-3-10(4-2-9)20-8-13(16)21/h1-7H,8H2,(H2,16,21)(H,18,19). The van der Waals surface area contributed by atoms with E-state index in [1.807, 2.05) is 0 Å². The van der Waals surface area contributed by atoms with Gasteiger partial charge in [0.2, 0.25) is 0 Å². The number of aromatic nitrogens is 1.